The van der Waals surface area contributed by atoms with E-state index < -0.39 is 0 Å². The van der Waals surface area contributed by atoms with E-state index >= 15 is 0 Å². The first kappa shape index (κ1) is 12.1. The Labute approximate surface area is 95.2 Å². The highest BCUT2D eigenvalue weighted by atomic mass is 35.5. The summed E-state index contributed by atoms with van der Waals surface area (Å²) in [4.78, 5) is 11.5. The van der Waals surface area contributed by atoms with Crippen LogP contribution in [0, 0.1) is 0 Å². The van der Waals surface area contributed by atoms with Crippen LogP contribution in [0.15, 0.2) is 24.3 Å². The lowest BCUT2D eigenvalue weighted by atomic mass is 10.0. The number of ether oxygens (including phenoxy) is 1. The molecule has 1 aromatic rings. The number of esters is 1. The Bertz CT molecular complexity index is 323. The van der Waals surface area contributed by atoms with Crippen molar-refractivity contribution in [2.75, 3.05) is 6.07 Å². The van der Waals surface area contributed by atoms with E-state index in [1.807, 2.05) is 18.2 Å². The van der Waals surface area contributed by atoms with E-state index in [2.05, 4.69) is 6.92 Å². The van der Waals surface area contributed by atoms with Crippen LogP contribution in [0.2, 0.25) is 0 Å². The minimum absolute atomic E-state index is 0.0963. The molecule has 0 fully saturated rings. The van der Waals surface area contributed by atoms with E-state index in [1.165, 1.54) is 0 Å². The zero-order valence-corrected chi connectivity index (χ0v) is 9.59. The number of hydrogen-bond acceptors (Lipinski definition) is 2. The number of aryl methyl sites for hydroxylation is 1. The van der Waals surface area contributed by atoms with Crippen molar-refractivity contribution in [2.45, 2.75) is 26.2 Å². The lowest BCUT2D eigenvalue weighted by Gasteiger charge is -2.07. The highest BCUT2D eigenvalue weighted by Crippen LogP contribution is 2.13. The molecule has 2 nitrogen and oxygen atoms in total. The third-order valence-electron chi connectivity index (χ3n) is 2.22. The Morgan fingerprint density at radius 3 is 2.80 bits per heavy atom. The van der Waals surface area contributed by atoms with Gasteiger partial charge >= 0.3 is 5.97 Å². The maximum Gasteiger partial charge on any atom is 0.339 e. The van der Waals surface area contributed by atoms with Gasteiger partial charge in [-0.15, -0.1) is 0 Å². The van der Waals surface area contributed by atoms with Gasteiger partial charge in [-0.2, -0.15) is 0 Å². The predicted octanol–water partition coefficient (Wildman–Crippen LogP) is 3.38. The van der Waals surface area contributed by atoms with Gasteiger partial charge in [0.1, 0.15) is 0 Å². The van der Waals surface area contributed by atoms with Gasteiger partial charge < -0.3 is 4.74 Å². The predicted molar refractivity (Wildman–Crippen MR) is 61.2 cm³/mol. The van der Waals surface area contributed by atoms with Gasteiger partial charge in [0.25, 0.3) is 0 Å². The summed E-state index contributed by atoms with van der Waals surface area (Å²) in [5.41, 5.74) is 1.67. The van der Waals surface area contributed by atoms with Gasteiger partial charge in [-0.3, -0.25) is 0 Å². The second-order valence-corrected chi connectivity index (χ2v) is 3.52. The Morgan fingerprint density at radius 2 is 2.13 bits per heavy atom. The van der Waals surface area contributed by atoms with Crippen LogP contribution in [0.25, 0.3) is 0 Å². The van der Waals surface area contributed by atoms with Gasteiger partial charge in [0, 0.05) is 0 Å². The summed E-state index contributed by atoms with van der Waals surface area (Å²) in [6.07, 6.45) is 3.09. The number of alkyl halides is 1. The molecule has 0 aliphatic rings. The summed E-state index contributed by atoms with van der Waals surface area (Å²) in [6, 6.07) is 7.41. The first-order valence-electron chi connectivity index (χ1n) is 5.10. The van der Waals surface area contributed by atoms with Gasteiger partial charge in [0.05, 0.1) is 5.56 Å². The maximum absolute atomic E-state index is 11.5. The minimum Gasteiger partial charge on any atom is -0.446 e. The molecule has 1 rings (SSSR count). The molecular formula is C12H15ClO2. The smallest absolute Gasteiger partial charge is 0.339 e. The third kappa shape index (κ3) is 3.56. The average Bonchev–Trinajstić information content (AvgIpc) is 2.27. The summed E-state index contributed by atoms with van der Waals surface area (Å²) in [5.74, 6) is -0.336. The quantitative estimate of drug-likeness (QED) is 0.568. The van der Waals surface area contributed by atoms with Crippen LogP contribution in [-0.4, -0.2) is 12.0 Å². The molecule has 0 aromatic heterocycles. The highest BCUT2D eigenvalue weighted by Gasteiger charge is 2.10. The second-order valence-electron chi connectivity index (χ2n) is 3.30. The second kappa shape index (κ2) is 6.46. The lowest BCUT2D eigenvalue weighted by molar-refractivity contribution is 0.0573. The van der Waals surface area contributed by atoms with E-state index in [4.69, 9.17) is 16.3 Å². The normalized spacial score (nSPS) is 10.0. The number of carbonyl (C=O) groups excluding carboxylic acids is 1. The molecule has 0 saturated heterocycles. The SMILES string of the molecule is CCCCc1ccccc1C(=O)OCCl. The van der Waals surface area contributed by atoms with Crippen molar-refractivity contribution in [3.8, 4) is 0 Å². The van der Waals surface area contributed by atoms with Gasteiger partial charge in [-0.1, -0.05) is 43.1 Å². The molecule has 0 aliphatic carbocycles. The molecule has 15 heavy (non-hydrogen) atoms. The standard InChI is InChI=1S/C12H15ClO2/c1-2-3-6-10-7-4-5-8-11(10)12(14)15-9-13/h4-5,7-8H,2-3,6,9H2,1H3. The summed E-state index contributed by atoms with van der Waals surface area (Å²) in [6.45, 7) is 2.12. The fourth-order valence-electron chi connectivity index (χ4n) is 1.43. The van der Waals surface area contributed by atoms with Crippen molar-refractivity contribution in [1.29, 1.82) is 0 Å². The van der Waals surface area contributed by atoms with Gasteiger partial charge in [-0.25, -0.2) is 4.79 Å². The van der Waals surface area contributed by atoms with Gasteiger partial charge in [-0.05, 0) is 24.5 Å². The van der Waals surface area contributed by atoms with Crippen LogP contribution in [0.3, 0.4) is 0 Å². The van der Waals surface area contributed by atoms with E-state index in [9.17, 15) is 4.79 Å². The van der Waals surface area contributed by atoms with Crippen molar-refractivity contribution < 1.29 is 9.53 Å². The number of halogens is 1. The molecule has 82 valence electrons. The maximum atomic E-state index is 11.5. The summed E-state index contributed by atoms with van der Waals surface area (Å²) >= 11 is 5.36. The number of rotatable bonds is 5. The molecule has 0 radical (unpaired) electrons. The van der Waals surface area contributed by atoms with Gasteiger partial charge in [0.15, 0.2) is 6.07 Å². The Morgan fingerprint density at radius 1 is 1.40 bits per heavy atom. The first-order chi connectivity index (χ1) is 7.29. The van der Waals surface area contributed by atoms with E-state index in [-0.39, 0.29) is 12.0 Å². The van der Waals surface area contributed by atoms with Crippen LogP contribution in [0.5, 0.6) is 0 Å². The topological polar surface area (TPSA) is 26.3 Å². The Balaban J connectivity index is 2.80. The Hall–Kier alpha value is -1.02. The summed E-state index contributed by atoms with van der Waals surface area (Å²) < 4.78 is 4.78. The minimum atomic E-state index is -0.336. The molecule has 0 atom stereocenters. The summed E-state index contributed by atoms with van der Waals surface area (Å²) in [5, 5.41) is 0. The van der Waals surface area contributed by atoms with E-state index in [1.54, 1.807) is 6.07 Å². The first-order valence-corrected chi connectivity index (χ1v) is 5.64. The monoisotopic (exact) mass is 226 g/mol. The van der Waals surface area contributed by atoms with Crippen molar-refractivity contribution in [3.63, 3.8) is 0 Å². The van der Waals surface area contributed by atoms with Crippen LogP contribution in [0.4, 0.5) is 0 Å². The largest absolute Gasteiger partial charge is 0.446 e. The molecule has 1 aromatic carbocycles. The molecule has 0 spiro atoms. The van der Waals surface area contributed by atoms with Crippen molar-refractivity contribution in [2.24, 2.45) is 0 Å². The molecule has 0 unspecified atom stereocenters. The third-order valence-corrected chi connectivity index (χ3v) is 2.33. The lowest BCUT2D eigenvalue weighted by Crippen LogP contribution is -2.07. The van der Waals surface area contributed by atoms with Crippen molar-refractivity contribution in [1.82, 2.24) is 0 Å². The molecule has 0 bridgehead atoms. The van der Waals surface area contributed by atoms with Crippen LogP contribution in [-0.2, 0) is 11.2 Å². The molecular weight excluding hydrogens is 212 g/mol. The van der Waals surface area contributed by atoms with Gasteiger partial charge in [0.2, 0.25) is 0 Å². The number of hydrogen-bond donors (Lipinski definition) is 0. The fourth-order valence-corrected chi connectivity index (χ4v) is 1.53. The molecule has 0 N–H and O–H groups in total. The molecule has 0 amide bonds. The van der Waals surface area contributed by atoms with E-state index in [0.29, 0.717) is 5.56 Å². The zero-order chi connectivity index (χ0) is 11.1. The molecule has 0 aliphatic heterocycles. The average molecular weight is 227 g/mol. The van der Waals surface area contributed by atoms with Crippen molar-refractivity contribution in [3.05, 3.63) is 35.4 Å². The fraction of sp³-hybridized carbons (Fsp3) is 0.417. The molecule has 3 heteroatoms. The molecule has 0 heterocycles. The summed E-state index contributed by atoms with van der Waals surface area (Å²) in [7, 11) is 0. The van der Waals surface area contributed by atoms with Crippen molar-refractivity contribution >= 4 is 17.6 Å². The van der Waals surface area contributed by atoms with Crippen LogP contribution < -0.4 is 0 Å². The van der Waals surface area contributed by atoms with E-state index in [0.717, 1.165) is 24.8 Å². The molecule has 0 saturated carbocycles. The zero-order valence-electron chi connectivity index (χ0n) is 8.83. The number of benzene rings is 1. The number of unbranched alkanes of at least 4 members (excludes halogenated alkanes) is 1. The highest BCUT2D eigenvalue weighted by molar-refractivity contribution is 6.17. The number of carbonyl (C=O) groups is 1. The van der Waals surface area contributed by atoms with Crippen LogP contribution in [0.1, 0.15) is 35.7 Å². The Kier molecular flexibility index (Phi) is 5.19. The van der Waals surface area contributed by atoms with Crippen LogP contribution >= 0.6 is 11.6 Å².